The first kappa shape index (κ1) is 13.5. The summed E-state index contributed by atoms with van der Waals surface area (Å²) in [6, 6.07) is 0. The van der Waals surface area contributed by atoms with E-state index in [1.54, 1.807) is 0 Å². The molecule has 0 saturated heterocycles. The van der Waals surface area contributed by atoms with Crippen LogP contribution in [0.4, 0.5) is 0 Å². The van der Waals surface area contributed by atoms with Gasteiger partial charge in [0.1, 0.15) is 0 Å². The second kappa shape index (κ2) is 9.05. The van der Waals surface area contributed by atoms with Crippen molar-refractivity contribution in [2.24, 2.45) is 11.7 Å². The fourth-order valence-electron chi connectivity index (χ4n) is 2.13. The molecule has 2 fully saturated rings. The van der Waals surface area contributed by atoms with Gasteiger partial charge in [0.25, 0.3) is 0 Å². The molecule has 80 valence electrons. The predicted octanol–water partition coefficient (Wildman–Crippen LogP) is 3.08. The van der Waals surface area contributed by atoms with Crippen LogP contribution in [0.5, 0.6) is 0 Å². The summed E-state index contributed by atoms with van der Waals surface area (Å²) in [7, 11) is 0. The first-order chi connectivity index (χ1) is 5.93. The first-order valence-corrected chi connectivity index (χ1v) is 5.63. The zero-order chi connectivity index (χ0) is 8.65. The van der Waals surface area contributed by atoms with Crippen LogP contribution in [0.1, 0.15) is 57.8 Å². The van der Waals surface area contributed by atoms with Gasteiger partial charge in [0.05, 0.1) is 0 Å². The molecule has 0 aliphatic heterocycles. The molecule has 0 radical (unpaired) electrons. The van der Waals surface area contributed by atoms with Crippen molar-refractivity contribution in [3.63, 3.8) is 0 Å². The summed E-state index contributed by atoms with van der Waals surface area (Å²) in [5, 5.41) is 0. The van der Waals surface area contributed by atoms with E-state index in [-0.39, 0.29) is 17.1 Å². The standard InChI is InChI=1S/C6H13N.C5H10.Fe/c7-5-6-3-1-2-4-6;1-2-4-5-3-1;/h6H,1-5,7H2;1-5H2;. The molecule has 0 aromatic rings. The fraction of sp³-hybridized carbons (Fsp3) is 1.00. The van der Waals surface area contributed by atoms with E-state index in [9.17, 15) is 0 Å². The van der Waals surface area contributed by atoms with E-state index in [0.717, 1.165) is 12.5 Å². The van der Waals surface area contributed by atoms with Gasteiger partial charge in [-0.2, -0.15) is 0 Å². The molecule has 2 saturated carbocycles. The van der Waals surface area contributed by atoms with Crippen LogP contribution in [0.3, 0.4) is 0 Å². The van der Waals surface area contributed by atoms with Gasteiger partial charge in [0.2, 0.25) is 0 Å². The molecule has 2 rings (SSSR count). The minimum absolute atomic E-state index is 0. The Morgan fingerprint density at radius 3 is 1.38 bits per heavy atom. The molecular weight excluding hydrogens is 202 g/mol. The second-order valence-corrected chi connectivity index (χ2v) is 4.15. The third-order valence-corrected chi connectivity index (χ3v) is 3.06. The van der Waals surface area contributed by atoms with E-state index in [0.29, 0.717) is 0 Å². The van der Waals surface area contributed by atoms with E-state index < -0.39 is 0 Å². The van der Waals surface area contributed by atoms with Gasteiger partial charge in [-0.1, -0.05) is 44.9 Å². The van der Waals surface area contributed by atoms with Crippen molar-refractivity contribution in [2.45, 2.75) is 57.8 Å². The Kier molecular flexibility index (Phi) is 9.38. The maximum absolute atomic E-state index is 5.43. The van der Waals surface area contributed by atoms with Crippen molar-refractivity contribution in [1.82, 2.24) is 0 Å². The molecule has 0 aromatic carbocycles. The Hall–Kier alpha value is 0.479. The molecule has 0 bridgehead atoms. The van der Waals surface area contributed by atoms with Crippen LogP contribution >= 0.6 is 0 Å². The molecule has 13 heavy (non-hydrogen) atoms. The van der Waals surface area contributed by atoms with Crippen LogP contribution < -0.4 is 5.73 Å². The van der Waals surface area contributed by atoms with Gasteiger partial charge < -0.3 is 5.73 Å². The molecule has 2 aliphatic rings. The summed E-state index contributed by atoms with van der Waals surface area (Å²) >= 11 is 0. The van der Waals surface area contributed by atoms with Crippen LogP contribution in [0.15, 0.2) is 0 Å². The van der Waals surface area contributed by atoms with E-state index in [2.05, 4.69) is 0 Å². The third kappa shape index (κ3) is 6.54. The zero-order valence-electron chi connectivity index (χ0n) is 8.58. The van der Waals surface area contributed by atoms with Crippen LogP contribution in [-0.2, 0) is 17.1 Å². The van der Waals surface area contributed by atoms with Crippen molar-refractivity contribution in [3.8, 4) is 0 Å². The summed E-state index contributed by atoms with van der Waals surface area (Å²) in [5.41, 5.74) is 5.43. The summed E-state index contributed by atoms with van der Waals surface area (Å²) in [4.78, 5) is 0. The summed E-state index contributed by atoms with van der Waals surface area (Å²) in [6.45, 7) is 0.917. The largest absolute Gasteiger partial charge is 0.330 e. The molecule has 2 N–H and O–H groups in total. The number of nitrogens with two attached hydrogens (primary N) is 1. The van der Waals surface area contributed by atoms with Gasteiger partial charge in [-0.15, -0.1) is 0 Å². The van der Waals surface area contributed by atoms with Crippen LogP contribution in [-0.4, -0.2) is 6.54 Å². The summed E-state index contributed by atoms with van der Waals surface area (Å²) < 4.78 is 0. The molecule has 0 unspecified atom stereocenters. The molecule has 1 nitrogen and oxygen atoms in total. The van der Waals surface area contributed by atoms with Crippen molar-refractivity contribution in [2.75, 3.05) is 6.54 Å². The Morgan fingerprint density at radius 1 is 0.769 bits per heavy atom. The Balaban J connectivity index is 0.000000215. The quantitative estimate of drug-likeness (QED) is 0.682. The average molecular weight is 225 g/mol. The van der Waals surface area contributed by atoms with Crippen molar-refractivity contribution in [1.29, 1.82) is 0 Å². The van der Waals surface area contributed by atoms with Crippen molar-refractivity contribution in [3.05, 3.63) is 0 Å². The predicted molar refractivity (Wildman–Crippen MR) is 54.1 cm³/mol. The maximum atomic E-state index is 5.43. The van der Waals surface area contributed by atoms with Crippen molar-refractivity contribution < 1.29 is 17.1 Å². The Morgan fingerprint density at radius 2 is 1.15 bits per heavy atom. The van der Waals surface area contributed by atoms with Gasteiger partial charge in [-0.05, 0) is 25.3 Å². The SMILES string of the molecule is C1CCCC1.NCC1CCCC1.[Fe]. The Bertz CT molecular complexity index is 88.7. The van der Waals surface area contributed by atoms with Gasteiger partial charge >= 0.3 is 0 Å². The van der Waals surface area contributed by atoms with Gasteiger partial charge in [0.15, 0.2) is 0 Å². The third-order valence-electron chi connectivity index (χ3n) is 3.06. The first-order valence-electron chi connectivity index (χ1n) is 5.63. The van der Waals surface area contributed by atoms with Gasteiger partial charge in [0, 0.05) is 17.1 Å². The molecule has 2 aliphatic carbocycles. The molecule has 0 aromatic heterocycles. The maximum Gasteiger partial charge on any atom is 0 e. The molecular formula is C11H23FeN. The zero-order valence-corrected chi connectivity index (χ0v) is 9.68. The van der Waals surface area contributed by atoms with E-state index in [1.807, 2.05) is 0 Å². The monoisotopic (exact) mass is 225 g/mol. The van der Waals surface area contributed by atoms with E-state index >= 15 is 0 Å². The van der Waals surface area contributed by atoms with Gasteiger partial charge in [-0.3, -0.25) is 0 Å². The number of hydrogen-bond donors (Lipinski definition) is 1. The van der Waals surface area contributed by atoms with Crippen molar-refractivity contribution >= 4 is 0 Å². The average Bonchev–Trinajstić information content (AvgIpc) is 2.81. The number of hydrogen-bond acceptors (Lipinski definition) is 1. The fourth-order valence-corrected chi connectivity index (χ4v) is 2.13. The smallest absolute Gasteiger partial charge is 0 e. The van der Waals surface area contributed by atoms with Crippen LogP contribution in [0.2, 0.25) is 0 Å². The summed E-state index contributed by atoms with van der Waals surface area (Å²) in [6.07, 6.45) is 13.1. The van der Waals surface area contributed by atoms with Crippen LogP contribution in [0, 0.1) is 5.92 Å². The molecule has 0 spiro atoms. The molecule has 2 heteroatoms. The van der Waals surface area contributed by atoms with E-state index in [1.165, 1.54) is 57.8 Å². The Labute approximate surface area is 93.3 Å². The minimum Gasteiger partial charge on any atom is -0.330 e. The molecule has 0 heterocycles. The number of rotatable bonds is 1. The molecule has 0 atom stereocenters. The second-order valence-electron chi connectivity index (χ2n) is 4.15. The topological polar surface area (TPSA) is 26.0 Å². The van der Waals surface area contributed by atoms with Gasteiger partial charge in [-0.25, -0.2) is 0 Å². The van der Waals surface area contributed by atoms with Crippen LogP contribution in [0.25, 0.3) is 0 Å². The minimum atomic E-state index is 0. The van der Waals surface area contributed by atoms with E-state index in [4.69, 9.17) is 5.73 Å². The molecule has 0 amide bonds. The summed E-state index contributed by atoms with van der Waals surface area (Å²) in [5.74, 6) is 0.875. The normalized spacial score (nSPS) is 21.9.